The number of halogens is 2. The average Bonchev–Trinajstić information content (AvgIpc) is 2.87. The van der Waals surface area contributed by atoms with Crippen LogP contribution in [-0.2, 0) is 13.5 Å². The summed E-state index contributed by atoms with van der Waals surface area (Å²) >= 11 is 8.79. The Kier molecular flexibility index (Phi) is 3.25. The molecule has 2 aromatic heterocycles. The van der Waals surface area contributed by atoms with E-state index < -0.39 is 0 Å². The average molecular weight is 355 g/mol. The normalized spacial score (nSPS) is 11.4. The number of fused-ring (bicyclic) bond motifs is 1. The van der Waals surface area contributed by atoms with Crippen molar-refractivity contribution >= 4 is 39.3 Å². The van der Waals surface area contributed by atoms with Gasteiger partial charge in [-0.3, -0.25) is 4.57 Å². The molecular formula is C13H12BrFN4S. The van der Waals surface area contributed by atoms with Gasteiger partial charge < -0.3 is 4.98 Å². The molecule has 0 radical (unpaired) electrons. The third kappa shape index (κ3) is 1.92. The van der Waals surface area contributed by atoms with Crippen molar-refractivity contribution in [3.8, 4) is 5.69 Å². The van der Waals surface area contributed by atoms with E-state index in [2.05, 4.69) is 26.0 Å². The number of aryl methyl sites for hydroxylation is 2. The van der Waals surface area contributed by atoms with Crippen molar-refractivity contribution in [3.05, 3.63) is 39.0 Å². The van der Waals surface area contributed by atoms with Crippen LogP contribution in [0.2, 0.25) is 0 Å². The van der Waals surface area contributed by atoms with Crippen LogP contribution in [0.4, 0.5) is 4.39 Å². The maximum Gasteiger partial charge on any atom is 0.184 e. The van der Waals surface area contributed by atoms with Crippen LogP contribution < -0.4 is 0 Å². The summed E-state index contributed by atoms with van der Waals surface area (Å²) in [7, 11) is 1.87. The number of hydrogen-bond acceptors (Lipinski definition) is 2. The summed E-state index contributed by atoms with van der Waals surface area (Å²) in [5.74, 6) is -0.293. The highest BCUT2D eigenvalue weighted by Gasteiger charge is 2.16. The highest BCUT2D eigenvalue weighted by molar-refractivity contribution is 9.10. The van der Waals surface area contributed by atoms with E-state index >= 15 is 0 Å². The van der Waals surface area contributed by atoms with Gasteiger partial charge in [-0.1, -0.05) is 6.92 Å². The molecule has 2 heterocycles. The maximum absolute atomic E-state index is 13.3. The molecule has 3 aromatic rings. The SMILES string of the molecule is CCc1nn(C)c2c1[nH]c(=S)n2-c1ccc(F)cc1Br. The second-order valence-electron chi connectivity index (χ2n) is 4.48. The zero-order chi connectivity index (χ0) is 14.4. The fraction of sp³-hybridized carbons (Fsp3) is 0.231. The number of benzene rings is 1. The van der Waals surface area contributed by atoms with Gasteiger partial charge in [0.05, 0.1) is 11.4 Å². The van der Waals surface area contributed by atoms with Crippen molar-refractivity contribution in [1.29, 1.82) is 0 Å². The van der Waals surface area contributed by atoms with Crippen LogP contribution in [0.1, 0.15) is 12.6 Å². The van der Waals surface area contributed by atoms with E-state index in [1.807, 2.05) is 18.5 Å². The highest BCUT2D eigenvalue weighted by atomic mass is 79.9. The molecule has 0 aliphatic rings. The van der Waals surface area contributed by atoms with Crippen molar-refractivity contribution in [2.75, 3.05) is 0 Å². The van der Waals surface area contributed by atoms with E-state index in [4.69, 9.17) is 12.2 Å². The van der Waals surface area contributed by atoms with Crippen molar-refractivity contribution in [3.63, 3.8) is 0 Å². The van der Waals surface area contributed by atoms with Gasteiger partial charge in [-0.25, -0.2) is 9.07 Å². The summed E-state index contributed by atoms with van der Waals surface area (Å²) in [6, 6.07) is 4.53. The summed E-state index contributed by atoms with van der Waals surface area (Å²) in [4.78, 5) is 3.19. The minimum Gasteiger partial charge on any atom is -0.327 e. The number of aromatic nitrogens is 4. The first-order chi connectivity index (χ1) is 9.52. The van der Waals surface area contributed by atoms with E-state index in [1.54, 1.807) is 10.7 Å². The quantitative estimate of drug-likeness (QED) is 0.709. The molecule has 3 rings (SSSR count). The molecule has 0 atom stereocenters. The van der Waals surface area contributed by atoms with Gasteiger partial charge in [-0.05, 0) is 52.8 Å². The summed E-state index contributed by atoms with van der Waals surface area (Å²) in [6.07, 6.45) is 0.817. The summed E-state index contributed by atoms with van der Waals surface area (Å²) in [5.41, 5.74) is 3.55. The first-order valence-corrected chi connectivity index (χ1v) is 7.35. The minimum atomic E-state index is -0.293. The van der Waals surface area contributed by atoms with Crippen LogP contribution in [0.5, 0.6) is 0 Å². The van der Waals surface area contributed by atoms with E-state index in [9.17, 15) is 4.39 Å². The predicted octanol–water partition coefficient (Wildman–Crippen LogP) is 3.89. The molecule has 7 heteroatoms. The smallest absolute Gasteiger partial charge is 0.184 e. The van der Waals surface area contributed by atoms with Crippen molar-refractivity contribution < 1.29 is 4.39 Å². The Morgan fingerprint density at radius 3 is 2.85 bits per heavy atom. The van der Waals surface area contributed by atoms with Crippen molar-refractivity contribution in [1.82, 2.24) is 19.3 Å². The zero-order valence-corrected chi connectivity index (χ0v) is 13.3. The van der Waals surface area contributed by atoms with Crippen LogP contribution in [0.3, 0.4) is 0 Å². The molecule has 0 aliphatic heterocycles. The van der Waals surface area contributed by atoms with Crippen LogP contribution >= 0.6 is 28.1 Å². The van der Waals surface area contributed by atoms with Crippen LogP contribution in [0.25, 0.3) is 16.9 Å². The van der Waals surface area contributed by atoms with Gasteiger partial charge in [0, 0.05) is 11.5 Å². The first-order valence-electron chi connectivity index (χ1n) is 6.15. The molecule has 0 saturated carbocycles. The topological polar surface area (TPSA) is 38.5 Å². The molecule has 0 bridgehead atoms. The van der Waals surface area contributed by atoms with Gasteiger partial charge in [0.25, 0.3) is 0 Å². The van der Waals surface area contributed by atoms with Gasteiger partial charge in [-0.15, -0.1) is 0 Å². The molecule has 0 fully saturated rings. The number of nitrogens with zero attached hydrogens (tertiary/aromatic N) is 3. The van der Waals surface area contributed by atoms with E-state index in [-0.39, 0.29) is 5.82 Å². The Hall–Kier alpha value is -1.47. The fourth-order valence-corrected chi connectivity index (χ4v) is 3.16. The highest BCUT2D eigenvalue weighted by Crippen LogP contribution is 2.27. The minimum absolute atomic E-state index is 0.293. The number of aromatic amines is 1. The lowest BCUT2D eigenvalue weighted by Crippen LogP contribution is -2.02. The number of hydrogen-bond donors (Lipinski definition) is 1. The number of nitrogens with one attached hydrogen (secondary N) is 1. The lowest BCUT2D eigenvalue weighted by atomic mass is 10.3. The van der Waals surface area contributed by atoms with Crippen LogP contribution in [-0.4, -0.2) is 19.3 Å². The molecule has 1 aromatic carbocycles. The summed E-state index contributed by atoms with van der Waals surface area (Å²) in [6.45, 7) is 2.05. The third-order valence-corrected chi connectivity index (χ3v) is 4.14. The Labute approximate surface area is 128 Å². The van der Waals surface area contributed by atoms with Crippen molar-refractivity contribution in [2.45, 2.75) is 13.3 Å². The molecule has 4 nitrogen and oxygen atoms in total. The molecular weight excluding hydrogens is 343 g/mol. The second kappa shape index (κ2) is 4.82. The predicted molar refractivity (Wildman–Crippen MR) is 82.3 cm³/mol. The third-order valence-electron chi connectivity index (χ3n) is 3.22. The molecule has 104 valence electrons. The lowest BCUT2D eigenvalue weighted by molar-refractivity contribution is 0.626. The molecule has 20 heavy (non-hydrogen) atoms. The second-order valence-corrected chi connectivity index (χ2v) is 5.72. The fourth-order valence-electron chi connectivity index (χ4n) is 2.35. The molecule has 1 N–H and O–H groups in total. The molecule has 0 amide bonds. The summed E-state index contributed by atoms with van der Waals surface area (Å²) in [5, 5.41) is 4.47. The largest absolute Gasteiger partial charge is 0.327 e. The van der Waals surface area contributed by atoms with E-state index in [1.165, 1.54) is 12.1 Å². The zero-order valence-electron chi connectivity index (χ0n) is 10.9. The molecule has 0 aliphatic carbocycles. The van der Waals surface area contributed by atoms with Gasteiger partial charge in [0.2, 0.25) is 0 Å². The first kappa shape index (κ1) is 13.5. The van der Waals surface area contributed by atoms with Gasteiger partial charge in [0.15, 0.2) is 10.4 Å². The molecule has 0 unspecified atom stereocenters. The number of rotatable bonds is 2. The Morgan fingerprint density at radius 1 is 1.45 bits per heavy atom. The lowest BCUT2D eigenvalue weighted by Gasteiger charge is -2.07. The Morgan fingerprint density at radius 2 is 2.20 bits per heavy atom. The molecule has 0 saturated heterocycles. The van der Waals surface area contributed by atoms with Gasteiger partial charge in [-0.2, -0.15) is 5.10 Å². The van der Waals surface area contributed by atoms with Crippen LogP contribution in [0, 0.1) is 10.6 Å². The van der Waals surface area contributed by atoms with Gasteiger partial charge >= 0.3 is 0 Å². The van der Waals surface area contributed by atoms with Crippen molar-refractivity contribution in [2.24, 2.45) is 7.05 Å². The molecule has 0 spiro atoms. The van der Waals surface area contributed by atoms with Gasteiger partial charge in [0.1, 0.15) is 11.3 Å². The maximum atomic E-state index is 13.3. The number of H-pyrrole nitrogens is 1. The Bertz CT molecular complexity index is 861. The van der Waals surface area contributed by atoms with Crippen LogP contribution in [0.15, 0.2) is 22.7 Å². The standard InChI is InChI=1S/C13H12BrFN4S/c1-3-9-11-12(18(2)17-9)19(13(20)16-11)10-5-4-7(15)6-8(10)14/h4-6H,3H2,1-2H3,(H,16,20). The number of imidazole rings is 1. The van der Waals surface area contributed by atoms with E-state index in [0.717, 1.165) is 29.0 Å². The van der Waals surface area contributed by atoms with E-state index in [0.29, 0.717) is 9.24 Å². The Balaban J connectivity index is 2.39. The monoisotopic (exact) mass is 354 g/mol. The summed E-state index contributed by atoms with van der Waals surface area (Å²) < 4.78 is 18.1.